The monoisotopic (exact) mass is 719 g/mol. The molecule has 0 spiro atoms. The number of urea groups is 1. The van der Waals surface area contributed by atoms with Crippen LogP contribution in [-0.4, -0.2) is 90.1 Å². The molecule has 1 saturated heterocycles. The first-order chi connectivity index (χ1) is 23.0. The lowest BCUT2D eigenvalue weighted by Gasteiger charge is -2.41. The molecule has 0 aromatic heterocycles. The summed E-state index contributed by atoms with van der Waals surface area (Å²) in [4.78, 5) is 69.9. The maximum absolute atomic E-state index is 14.5. The maximum Gasteiger partial charge on any atom is 0.315 e. The van der Waals surface area contributed by atoms with E-state index >= 15 is 0 Å². The van der Waals surface area contributed by atoms with Crippen LogP contribution in [0.3, 0.4) is 0 Å². The van der Waals surface area contributed by atoms with Crippen molar-refractivity contribution in [2.75, 3.05) is 18.8 Å². The Balaban J connectivity index is 1.55. The zero-order valence-corrected chi connectivity index (χ0v) is 32.3. The quantitative estimate of drug-likeness (QED) is 0.166. The lowest BCUT2D eigenvalue weighted by molar-refractivity contribution is -0.145. The van der Waals surface area contributed by atoms with Gasteiger partial charge in [0.1, 0.15) is 12.1 Å². The van der Waals surface area contributed by atoms with Crippen molar-refractivity contribution in [2.24, 2.45) is 28.6 Å². The average molecular weight is 720 g/mol. The minimum Gasteiger partial charge on any atom is -0.346 e. The van der Waals surface area contributed by atoms with Crippen LogP contribution in [-0.2, 0) is 29.0 Å². The summed E-state index contributed by atoms with van der Waals surface area (Å²) in [6.45, 7) is 18.6. The van der Waals surface area contributed by atoms with Gasteiger partial charge in [0.25, 0.3) is 5.91 Å². The number of piperidine rings is 1. The zero-order valence-electron chi connectivity index (χ0n) is 31.4. The van der Waals surface area contributed by atoms with Crippen molar-refractivity contribution in [2.45, 2.75) is 142 Å². The first-order valence-electron chi connectivity index (χ1n) is 18.4. The predicted molar refractivity (Wildman–Crippen MR) is 193 cm³/mol. The maximum atomic E-state index is 14.5. The Kier molecular flexibility index (Phi) is 11.6. The largest absolute Gasteiger partial charge is 0.346 e. The van der Waals surface area contributed by atoms with E-state index in [0.717, 1.165) is 38.5 Å². The molecule has 3 saturated carbocycles. The van der Waals surface area contributed by atoms with Gasteiger partial charge in [-0.1, -0.05) is 79.2 Å². The van der Waals surface area contributed by atoms with Crippen LogP contribution in [0.15, 0.2) is 12.7 Å². The Bertz CT molecular complexity index is 1450. The number of hydrogen-bond acceptors (Lipinski definition) is 7. The third-order valence-corrected chi connectivity index (χ3v) is 14.6. The van der Waals surface area contributed by atoms with E-state index in [0.29, 0.717) is 25.8 Å². The lowest BCUT2D eigenvalue weighted by atomic mass is 9.80. The molecule has 4 rings (SSSR count). The third kappa shape index (κ3) is 8.56. The molecule has 13 heteroatoms. The molecule has 1 aliphatic heterocycles. The lowest BCUT2D eigenvalue weighted by Crippen LogP contribution is -2.64. The summed E-state index contributed by atoms with van der Waals surface area (Å²) in [5, 5.41) is 11.3. The smallest absolute Gasteiger partial charge is 0.315 e. The fraction of sp³-hybridized carbons (Fsp3) is 0.811. The number of carbonyl (C=O) groups excluding carboxylic acids is 5. The SMILES string of the molecule is C=CCNC(=O)C(=O)C(CC1CCC1)NC(=O)[C@@H]1[C@@H]2C(CN1C(=O)[C@@H](NC(=O)NC1(CS(=O)(=O)C(C)(C)C)CCCCC1)C(C)(C)C)C2(C)C. The van der Waals surface area contributed by atoms with E-state index in [2.05, 4.69) is 41.7 Å². The standard InChI is InChI=1S/C37H61N5O7S/c1-10-19-38-31(45)28(43)25(20-23-15-14-16-23)39-30(44)27-26-24(36(26,8)9)21-42(27)32(46)29(34(2,3)4)40-33(47)41-37(17-12-11-13-18-37)22-50(48,49)35(5,6)7/h10,23-27,29H,1,11-22H2,2-9H3,(H,38,45)(H,39,44)(H2,40,41,47)/t24?,25?,26-,27-,29+/m0/s1. The van der Waals surface area contributed by atoms with Crippen LogP contribution in [0.2, 0.25) is 0 Å². The number of Topliss-reactive ketones (excluding diaryl/α,β-unsaturated/α-hetero) is 1. The van der Waals surface area contributed by atoms with Crippen LogP contribution in [0.4, 0.5) is 4.79 Å². The van der Waals surface area contributed by atoms with Crippen LogP contribution >= 0.6 is 0 Å². The topological polar surface area (TPSA) is 171 Å². The summed E-state index contributed by atoms with van der Waals surface area (Å²) >= 11 is 0. The van der Waals surface area contributed by atoms with Crippen molar-refractivity contribution in [1.82, 2.24) is 26.2 Å². The molecule has 12 nitrogen and oxygen atoms in total. The first kappa shape index (κ1) is 39.8. The number of amides is 5. The van der Waals surface area contributed by atoms with Gasteiger partial charge in [0.2, 0.25) is 17.6 Å². The molecule has 3 aliphatic carbocycles. The molecule has 0 aromatic rings. The molecule has 5 atom stereocenters. The first-order valence-corrected chi connectivity index (χ1v) is 20.0. The second-order valence-electron chi connectivity index (χ2n) is 18.0. The molecule has 282 valence electrons. The van der Waals surface area contributed by atoms with Crippen LogP contribution < -0.4 is 21.3 Å². The van der Waals surface area contributed by atoms with E-state index in [1.807, 2.05) is 20.8 Å². The highest BCUT2D eigenvalue weighted by molar-refractivity contribution is 7.92. The number of likely N-dealkylation sites (tertiary alicyclic amines) is 1. The van der Waals surface area contributed by atoms with Gasteiger partial charge in [-0.3, -0.25) is 19.2 Å². The van der Waals surface area contributed by atoms with Crippen LogP contribution in [0, 0.1) is 28.6 Å². The summed E-state index contributed by atoms with van der Waals surface area (Å²) in [7, 11) is -3.56. The van der Waals surface area contributed by atoms with Gasteiger partial charge < -0.3 is 26.2 Å². The Morgan fingerprint density at radius 2 is 1.56 bits per heavy atom. The van der Waals surface area contributed by atoms with E-state index in [1.54, 1.807) is 20.8 Å². The van der Waals surface area contributed by atoms with Crippen molar-refractivity contribution in [3.05, 3.63) is 12.7 Å². The number of hydrogen-bond donors (Lipinski definition) is 4. The highest BCUT2D eigenvalue weighted by Crippen LogP contribution is 2.65. The second kappa shape index (κ2) is 14.6. The summed E-state index contributed by atoms with van der Waals surface area (Å²) in [6.07, 6.45) is 8.25. The minimum atomic E-state index is -3.56. The van der Waals surface area contributed by atoms with Crippen molar-refractivity contribution >= 4 is 39.4 Å². The van der Waals surface area contributed by atoms with Crippen LogP contribution in [0.25, 0.3) is 0 Å². The van der Waals surface area contributed by atoms with E-state index in [-0.39, 0.29) is 35.5 Å². The van der Waals surface area contributed by atoms with Crippen molar-refractivity contribution in [3.8, 4) is 0 Å². The Labute approximate surface area is 299 Å². The number of fused-ring (bicyclic) bond motifs is 1. The normalized spacial score (nSPS) is 25.6. The minimum absolute atomic E-state index is 0.0569. The van der Waals surface area contributed by atoms with Gasteiger partial charge in [0.05, 0.1) is 22.1 Å². The molecule has 0 bridgehead atoms. The van der Waals surface area contributed by atoms with Gasteiger partial charge in [-0.15, -0.1) is 6.58 Å². The number of carbonyl (C=O) groups is 5. The van der Waals surface area contributed by atoms with Gasteiger partial charge in [-0.25, -0.2) is 13.2 Å². The summed E-state index contributed by atoms with van der Waals surface area (Å²) in [5.41, 5.74) is -1.93. The highest BCUT2D eigenvalue weighted by Gasteiger charge is 2.70. The zero-order chi connectivity index (χ0) is 37.4. The third-order valence-electron chi connectivity index (χ3n) is 11.8. The molecule has 0 aromatic carbocycles. The molecule has 2 unspecified atom stereocenters. The van der Waals surface area contributed by atoms with Gasteiger partial charge in [-0.2, -0.15) is 0 Å². The molecule has 4 N–H and O–H groups in total. The molecular formula is C37H61N5O7S. The number of rotatable bonds is 13. The molecule has 4 aliphatic rings. The average Bonchev–Trinajstić information content (AvgIpc) is 3.29. The van der Waals surface area contributed by atoms with Crippen molar-refractivity contribution in [3.63, 3.8) is 0 Å². The fourth-order valence-corrected chi connectivity index (χ4v) is 9.63. The van der Waals surface area contributed by atoms with E-state index < -0.39 is 73.2 Å². The Hall–Kier alpha value is -2.96. The fourth-order valence-electron chi connectivity index (χ4n) is 8.11. The summed E-state index contributed by atoms with van der Waals surface area (Å²) in [5.74, 6) is -2.45. The van der Waals surface area contributed by atoms with E-state index in [1.165, 1.54) is 11.0 Å². The van der Waals surface area contributed by atoms with Gasteiger partial charge in [0, 0.05) is 13.1 Å². The molecular weight excluding hydrogens is 659 g/mol. The molecule has 0 radical (unpaired) electrons. The predicted octanol–water partition coefficient (Wildman–Crippen LogP) is 3.65. The highest BCUT2D eigenvalue weighted by atomic mass is 32.2. The van der Waals surface area contributed by atoms with Crippen LogP contribution in [0.5, 0.6) is 0 Å². The molecule has 5 amide bonds. The van der Waals surface area contributed by atoms with Crippen LogP contribution in [0.1, 0.15) is 113 Å². The number of nitrogens with one attached hydrogen (secondary N) is 4. The second-order valence-corrected chi connectivity index (χ2v) is 20.7. The summed E-state index contributed by atoms with van der Waals surface area (Å²) < 4.78 is 25.7. The van der Waals surface area contributed by atoms with Gasteiger partial charge in [-0.05, 0) is 68.6 Å². The number of sulfone groups is 1. The van der Waals surface area contributed by atoms with Crippen molar-refractivity contribution < 1.29 is 32.4 Å². The van der Waals surface area contributed by atoms with Crippen molar-refractivity contribution in [1.29, 1.82) is 0 Å². The molecule has 1 heterocycles. The Morgan fingerprint density at radius 1 is 0.940 bits per heavy atom. The molecule has 4 fully saturated rings. The Morgan fingerprint density at radius 3 is 2.08 bits per heavy atom. The number of nitrogens with zero attached hydrogens (tertiary/aromatic N) is 1. The summed E-state index contributed by atoms with van der Waals surface area (Å²) in [6, 6.07) is -3.55. The molecule has 50 heavy (non-hydrogen) atoms. The van der Waals surface area contributed by atoms with Gasteiger partial charge >= 0.3 is 6.03 Å². The number of ketones is 1. The van der Waals surface area contributed by atoms with Gasteiger partial charge in [0.15, 0.2) is 9.84 Å². The van der Waals surface area contributed by atoms with E-state index in [9.17, 15) is 32.4 Å². The van der Waals surface area contributed by atoms with E-state index in [4.69, 9.17) is 0 Å².